The number of hydrogen-bond donors (Lipinski definition) is 1. The summed E-state index contributed by atoms with van der Waals surface area (Å²) in [6, 6.07) is 2.21. The summed E-state index contributed by atoms with van der Waals surface area (Å²) in [5.74, 6) is -0.729. The highest BCUT2D eigenvalue weighted by Crippen LogP contribution is 2.42. The van der Waals surface area contributed by atoms with Crippen molar-refractivity contribution in [2.45, 2.75) is 32.1 Å². The van der Waals surface area contributed by atoms with Gasteiger partial charge in [0, 0.05) is 17.5 Å². The normalized spacial score (nSPS) is 16.8. The Morgan fingerprint density at radius 1 is 1.69 bits per heavy atom. The highest BCUT2D eigenvalue weighted by atomic mass is 19.1. The van der Waals surface area contributed by atoms with Gasteiger partial charge in [-0.25, -0.2) is 4.39 Å². The van der Waals surface area contributed by atoms with Crippen molar-refractivity contribution < 1.29 is 4.39 Å². The van der Waals surface area contributed by atoms with Crippen LogP contribution in [-0.2, 0) is 6.42 Å². The smallest absolute Gasteiger partial charge is 0.220 e. The Bertz CT molecular complexity index is 497. The molecule has 0 radical (unpaired) electrons. The van der Waals surface area contributed by atoms with E-state index in [1.165, 1.54) is 0 Å². The summed E-state index contributed by atoms with van der Waals surface area (Å²) in [5.41, 5.74) is 0.453. The zero-order chi connectivity index (χ0) is 11.7. The van der Waals surface area contributed by atoms with Crippen LogP contribution in [-0.4, -0.2) is 4.98 Å². The van der Waals surface area contributed by atoms with E-state index in [4.69, 9.17) is 5.26 Å². The second-order valence-corrected chi connectivity index (χ2v) is 4.16. The van der Waals surface area contributed by atoms with Crippen molar-refractivity contribution in [2.24, 2.45) is 5.92 Å². The first-order valence-electron chi connectivity index (χ1n) is 5.48. The molecule has 16 heavy (non-hydrogen) atoms. The van der Waals surface area contributed by atoms with E-state index in [1.54, 1.807) is 6.92 Å². The number of nitrogens with zero attached hydrogens (tertiary/aromatic N) is 1. The zero-order valence-corrected chi connectivity index (χ0v) is 9.09. The molecule has 1 saturated carbocycles. The topological polar surface area (TPSA) is 56.6 Å². The van der Waals surface area contributed by atoms with E-state index >= 15 is 0 Å². The van der Waals surface area contributed by atoms with Crippen LogP contribution in [0, 0.1) is 23.1 Å². The Morgan fingerprint density at radius 2 is 2.38 bits per heavy atom. The molecule has 2 rings (SSSR count). The number of H-pyrrole nitrogens is 1. The lowest BCUT2D eigenvalue weighted by molar-refractivity contribution is 0.597. The van der Waals surface area contributed by atoms with Crippen LogP contribution in [0.2, 0.25) is 0 Å². The van der Waals surface area contributed by atoms with Gasteiger partial charge in [0.2, 0.25) is 5.43 Å². The molecular weight excluding hydrogens is 207 g/mol. The van der Waals surface area contributed by atoms with Crippen molar-refractivity contribution in [3.63, 3.8) is 0 Å². The van der Waals surface area contributed by atoms with Crippen LogP contribution >= 0.6 is 0 Å². The van der Waals surface area contributed by atoms with Crippen LogP contribution < -0.4 is 5.43 Å². The highest BCUT2D eigenvalue weighted by molar-refractivity contribution is 5.30. The van der Waals surface area contributed by atoms with Crippen LogP contribution in [0.15, 0.2) is 11.0 Å². The number of nitriles is 1. The van der Waals surface area contributed by atoms with Gasteiger partial charge in [-0.15, -0.1) is 0 Å². The van der Waals surface area contributed by atoms with E-state index in [2.05, 4.69) is 11.1 Å². The van der Waals surface area contributed by atoms with Crippen molar-refractivity contribution in [3.8, 4) is 6.07 Å². The van der Waals surface area contributed by atoms with Crippen molar-refractivity contribution in [2.75, 3.05) is 0 Å². The molecule has 1 N–H and O–H groups in total. The SMILES string of the molecule is CCc1c(C(C#N)C2CC2)[nH]cc(F)c1=O. The van der Waals surface area contributed by atoms with Crippen molar-refractivity contribution in [3.05, 3.63) is 33.5 Å². The quantitative estimate of drug-likeness (QED) is 0.848. The summed E-state index contributed by atoms with van der Waals surface area (Å²) in [5, 5.41) is 9.10. The lowest BCUT2D eigenvalue weighted by Crippen LogP contribution is -2.19. The minimum atomic E-state index is -0.770. The molecule has 4 heteroatoms. The van der Waals surface area contributed by atoms with Gasteiger partial charge in [0.25, 0.3) is 0 Å². The predicted molar refractivity (Wildman–Crippen MR) is 57.5 cm³/mol. The third-order valence-electron chi connectivity index (χ3n) is 3.07. The van der Waals surface area contributed by atoms with Gasteiger partial charge in [0.1, 0.15) is 0 Å². The number of pyridine rings is 1. The molecular formula is C12H13FN2O. The van der Waals surface area contributed by atoms with Crippen molar-refractivity contribution in [1.82, 2.24) is 4.98 Å². The van der Waals surface area contributed by atoms with Crippen molar-refractivity contribution >= 4 is 0 Å². The fourth-order valence-electron chi connectivity index (χ4n) is 2.02. The molecule has 1 aromatic rings. The molecule has 3 nitrogen and oxygen atoms in total. The van der Waals surface area contributed by atoms with Crippen LogP contribution in [0.3, 0.4) is 0 Å². The van der Waals surface area contributed by atoms with Gasteiger partial charge in [-0.05, 0) is 25.2 Å². The number of aromatic amines is 1. The van der Waals surface area contributed by atoms with Gasteiger partial charge in [-0.1, -0.05) is 6.92 Å². The van der Waals surface area contributed by atoms with Crippen molar-refractivity contribution in [1.29, 1.82) is 5.26 Å². The van der Waals surface area contributed by atoms with E-state index in [1.807, 2.05) is 0 Å². The average Bonchev–Trinajstić information content (AvgIpc) is 3.09. The minimum Gasteiger partial charge on any atom is -0.361 e. The molecule has 1 aromatic heterocycles. The van der Waals surface area contributed by atoms with E-state index < -0.39 is 11.2 Å². The molecule has 1 fully saturated rings. The maximum Gasteiger partial charge on any atom is 0.220 e. The molecule has 0 amide bonds. The number of hydrogen-bond acceptors (Lipinski definition) is 2. The largest absolute Gasteiger partial charge is 0.361 e. The highest BCUT2D eigenvalue weighted by Gasteiger charge is 2.34. The zero-order valence-electron chi connectivity index (χ0n) is 9.09. The molecule has 0 aromatic carbocycles. The average molecular weight is 220 g/mol. The fourth-order valence-corrected chi connectivity index (χ4v) is 2.02. The Hall–Kier alpha value is -1.63. The van der Waals surface area contributed by atoms with Gasteiger partial charge >= 0.3 is 0 Å². The summed E-state index contributed by atoms with van der Waals surface area (Å²) in [7, 11) is 0. The summed E-state index contributed by atoms with van der Waals surface area (Å²) in [4.78, 5) is 14.4. The first kappa shape index (κ1) is 10.9. The van der Waals surface area contributed by atoms with E-state index in [9.17, 15) is 9.18 Å². The van der Waals surface area contributed by atoms with Crippen LogP contribution in [0.25, 0.3) is 0 Å². The van der Waals surface area contributed by atoms with Gasteiger partial charge in [0.15, 0.2) is 5.82 Å². The van der Waals surface area contributed by atoms with E-state index in [0.717, 1.165) is 19.0 Å². The third kappa shape index (κ3) is 1.73. The summed E-state index contributed by atoms with van der Waals surface area (Å²) < 4.78 is 13.1. The molecule has 1 unspecified atom stereocenters. The number of halogens is 1. The van der Waals surface area contributed by atoms with Gasteiger partial charge in [-0.3, -0.25) is 4.79 Å². The molecule has 1 aliphatic rings. The molecule has 1 heterocycles. The first-order valence-corrected chi connectivity index (χ1v) is 5.48. The Labute approximate surface area is 92.9 Å². The van der Waals surface area contributed by atoms with Crippen LogP contribution in [0.5, 0.6) is 0 Å². The fraction of sp³-hybridized carbons (Fsp3) is 0.500. The number of rotatable bonds is 3. The number of nitrogens with one attached hydrogen (secondary N) is 1. The molecule has 0 saturated heterocycles. The second-order valence-electron chi connectivity index (χ2n) is 4.16. The van der Waals surface area contributed by atoms with E-state index in [0.29, 0.717) is 23.6 Å². The Morgan fingerprint density at radius 3 is 2.88 bits per heavy atom. The van der Waals surface area contributed by atoms with Crippen LogP contribution in [0.1, 0.15) is 36.9 Å². The maximum absolute atomic E-state index is 13.1. The number of aromatic nitrogens is 1. The van der Waals surface area contributed by atoms with Gasteiger partial charge < -0.3 is 4.98 Å². The lowest BCUT2D eigenvalue weighted by Gasteiger charge is -2.12. The molecule has 0 bridgehead atoms. The third-order valence-corrected chi connectivity index (χ3v) is 3.07. The Kier molecular flexibility index (Phi) is 2.78. The molecule has 1 atom stereocenters. The minimum absolute atomic E-state index is 0.289. The van der Waals surface area contributed by atoms with Gasteiger partial charge in [-0.2, -0.15) is 5.26 Å². The van der Waals surface area contributed by atoms with E-state index in [-0.39, 0.29) is 5.92 Å². The summed E-state index contributed by atoms with van der Waals surface area (Å²) >= 11 is 0. The summed E-state index contributed by atoms with van der Waals surface area (Å²) in [6.07, 6.45) is 3.54. The monoisotopic (exact) mass is 220 g/mol. The predicted octanol–water partition coefficient (Wildman–Crippen LogP) is 2.09. The maximum atomic E-state index is 13.1. The molecule has 84 valence electrons. The lowest BCUT2D eigenvalue weighted by atomic mass is 9.95. The first-order chi connectivity index (χ1) is 7.69. The molecule has 0 spiro atoms. The molecule has 0 aliphatic heterocycles. The standard InChI is InChI=1S/C12H13FN2O/c1-2-8-11(9(5-14)7-3-4-7)15-6-10(13)12(8)16/h6-7,9H,2-4H2,1H3,(H,15,16). The summed E-state index contributed by atoms with van der Waals surface area (Å²) in [6.45, 7) is 1.80. The van der Waals surface area contributed by atoms with Crippen LogP contribution in [0.4, 0.5) is 4.39 Å². The Balaban J connectivity index is 2.52. The second kappa shape index (κ2) is 4.09. The molecule has 1 aliphatic carbocycles. The van der Waals surface area contributed by atoms with Gasteiger partial charge in [0.05, 0.1) is 12.0 Å².